The Kier molecular flexibility index (Phi) is 4.58. The van der Waals surface area contributed by atoms with Crippen LogP contribution in [0.15, 0.2) is 48.5 Å². The second-order valence-corrected chi connectivity index (χ2v) is 9.18. The van der Waals surface area contributed by atoms with Crippen molar-refractivity contribution in [2.24, 2.45) is 0 Å². The summed E-state index contributed by atoms with van der Waals surface area (Å²) in [5.74, 6) is -0.0256. The maximum atomic E-state index is 12.6. The molecule has 0 N–H and O–H groups in total. The zero-order valence-electron chi connectivity index (χ0n) is 13.9. The van der Waals surface area contributed by atoms with E-state index >= 15 is 0 Å². The molecule has 1 fully saturated rings. The normalized spacial score (nSPS) is 19.4. The van der Waals surface area contributed by atoms with Gasteiger partial charge in [-0.25, -0.2) is 8.42 Å². The third-order valence-electron chi connectivity index (χ3n) is 5.19. The van der Waals surface area contributed by atoms with Gasteiger partial charge in [-0.3, -0.25) is 4.90 Å². The van der Waals surface area contributed by atoms with Crippen molar-refractivity contribution in [1.82, 2.24) is 9.21 Å². The van der Waals surface area contributed by atoms with Gasteiger partial charge in [0.15, 0.2) is 0 Å². The number of fused-ring (bicyclic) bond motifs is 1. The van der Waals surface area contributed by atoms with Gasteiger partial charge >= 0.3 is 0 Å². The molecule has 1 saturated heterocycles. The molecule has 2 aliphatic heterocycles. The van der Waals surface area contributed by atoms with Crippen LogP contribution in [0.4, 0.5) is 0 Å². The van der Waals surface area contributed by atoms with E-state index in [2.05, 4.69) is 29.2 Å². The van der Waals surface area contributed by atoms with Crippen LogP contribution in [0, 0.1) is 0 Å². The fourth-order valence-corrected chi connectivity index (χ4v) is 5.51. The molecular formula is C19H21ClN2O2S. The lowest BCUT2D eigenvalue weighted by molar-refractivity contribution is 0.0768. The van der Waals surface area contributed by atoms with E-state index in [0.29, 0.717) is 29.7 Å². The lowest BCUT2D eigenvalue weighted by Crippen LogP contribution is -2.61. The predicted octanol–water partition coefficient (Wildman–Crippen LogP) is 2.91. The van der Waals surface area contributed by atoms with Crippen LogP contribution in [-0.4, -0.2) is 43.3 Å². The lowest BCUT2D eigenvalue weighted by Gasteiger charge is -2.46. The first kappa shape index (κ1) is 17.0. The summed E-state index contributed by atoms with van der Waals surface area (Å²) >= 11 is 6.10. The summed E-state index contributed by atoms with van der Waals surface area (Å²) in [5.41, 5.74) is 3.45. The van der Waals surface area contributed by atoms with Gasteiger partial charge in [0.05, 0.1) is 5.75 Å². The van der Waals surface area contributed by atoms with Crippen LogP contribution in [0.3, 0.4) is 0 Å². The number of nitrogens with zero attached hydrogens (tertiary/aromatic N) is 2. The number of halogens is 1. The molecule has 0 aromatic heterocycles. The number of rotatable bonds is 4. The minimum absolute atomic E-state index is 0.0256. The lowest BCUT2D eigenvalue weighted by atomic mass is 9.97. The summed E-state index contributed by atoms with van der Waals surface area (Å²) in [6.07, 6.45) is 1.04. The summed E-state index contributed by atoms with van der Waals surface area (Å²) < 4.78 is 26.8. The molecule has 0 amide bonds. The molecule has 0 saturated carbocycles. The minimum atomic E-state index is -3.31. The first-order valence-electron chi connectivity index (χ1n) is 8.55. The maximum Gasteiger partial charge on any atom is 0.218 e. The van der Waals surface area contributed by atoms with E-state index < -0.39 is 10.0 Å². The third kappa shape index (κ3) is 3.47. The first-order valence-corrected chi connectivity index (χ1v) is 10.5. The summed E-state index contributed by atoms with van der Waals surface area (Å²) in [5, 5.41) is 0.510. The zero-order chi connectivity index (χ0) is 17.4. The molecule has 25 heavy (non-hydrogen) atoms. The van der Waals surface area contributed by atoms with Crippen LogP contribution in [-0.2, 0) is 28.7 Å². The van der Waals surface area contributed by atoms with Gasteiger partial charge in [0.2, 0.25) is 10.0 Å². The van der Waals surface area contributed by atoms with Crippen LogP contribution in [0.2, 0.25) is 5.02 Å². The van der Waals surface area contributed by atoms with Gasteiger partial charge in [-0.1, -0.05) is 54.1 Å². The van der Waals surface area contributed by atoms with Gasteiger partial charge in [0.1, 0.15) is 0 Å². The molecule has 2 aliphatic rings. The predicted molar refractivity (Wildman–Crippen MR) is 100.0 cm³/mol. The van der Waals surface area contributed by atoms with Gasteiger partial charge in [-0.2, -0.15) is 4.31 Å². The smallest absolute Gasteiger partial charge is 0.218 e. The highest BCUT2D eigenvalue weighted by Crippen LogP contribution is 2.27. The van der Waals surface area contributed by atoms with Crippen molar-refractivity contribution >= 4 is 21.6 Å². The van der Waals surface area contributed by atoms with E-state index in [9.17, 15) is 8.42 Å². The van der Waals surface area contributed by atoms with Crippen LogP contribution in [0.25, 0.3) is 0 Å². The molecule has 0 bridgehead atoms. The zero-order valence-corrected chi connectivity index (χ0v) is 15.5. The molecule has 0 unspecified atom stereocenters. The average molecular weight is 377 g/mol. The SMILES string of the molecule is O=S(=O)(Cc1ccccc1Cl)N1CC(N2CCc3ccccc3C2)C1. The highest BCUT2D eigenvalue weighted by atomic mass is 35.5. The quantitative estimate of drug-likeness (QED) is 0.823. The first-order chi connectivity index (χ1) is 12.0. The Morgan fingerprint density at radius 3 is 2.44 bits per heavy atom. The molecule has 0 aliphatic carbocycles. The maximum absolute atomic E-state index is 12.6. The topological polar surface area (TPSA) is 40.6 Å². The Morgan fingerprint density at radius 2 is 1.68 bits per heavy atom. The Hall–Kier alpha value is -1.40. The molecule has 4 nitrogen and oxygen atoms in total. The van der Waals surface area contributed by atoms with Crippen molar-refractivity contribution in [3.8, 4) is 0 Å². The van der Waals surface area contributed by atoms with E-state index in [1.54, 1.807) is 16.4 Å². The summed E-state index contributed by atoms with van der Waals surface area (Å²) in [7, 11) is -3.31. The molecule has 132 valence electrons. The second kappa shape index (κ2) is 6.72. The largest absolute Gasteiger partial charge is 0.293 e. The minimum Gasteiger partial charge on any atom is -0.293 e. The molecule has 0 radical (unpaired) electrons. The van der Waals surface area contributed by atoms with Crippen molar-refractivity contribution in [2.75, 3.05) is 19.6 Å². The van der Waals surface area contributed by atoms with E-state index in [-0.39, 0.29) is 5.75 Å². The van der Waals surface area contributed by atoms with Gasteiger partial charge < -0.3 is 0 Å². The second-order valence-electron chi connectivity index (χ2n) is 6.81. The van der Waals surface area contributed by atoms with E-state index in [1.165, 1.54) is 11.1 Å². The highest BCUT2D eigenvalue weighted by Gasteiger charge is 2.39. The highest BCUT2D eigenvalue weighted by molar-refractivity contribution is 7.88. The van der Waals surface area contributed by atoms with Gasteiger partial charge in [-0.15, -0.1) is 0 Å². The van der Waals surface area contributed by atoms with Crippen molar-refractivity contribution in [3.05, 3.63) is 70.2 Å². The van der Waals surface area contributed by atoms with Crippen molar-refractivity contribution in [1.29, 1.82) is 0 Å². The number of benzene rings is 2. The number of hydrogen-bond acceptors (Lipinski definition) is 3. The van der Waals surface area contributed by atoms with E-state index in [1.807, 2.05) is 12.1 Å². The summed E-state index contributed by atoms with van der Waals surface area (Å²) in [6.45, 7) is 3.07. The van der Waals surface area contributed by atoms with Crippen molar-refractivity contribution in [2.45, 2.75) is 24.8 Å². The van der Waals surface area contributed by atoms with Gasteiger partial charge in [-0.05, 0) is 29.2 Å². The molecule has 2 aromatic rings. The van der Waals surface area contributed by atoms with Crippen LogP contribution >= 0.6 is 11.6 Å². The molecule has 0 atom stereocenters. The Labute approximate surface area is 154 Å². The molecule has 0 spiro atoms. The molecular weight excluding hydrogens is 356 g/mol. The van der Waals surface area contributed by atoms with Crippen LogP contribution in [0.1, 0.15) is 16.7 Å². The number of hydrogen-bond donors (Lipinski definition) is 0. The third-order valence-corrected chi connectivity index (χ3v) is 7.32. The summed E-state index contributed by atoms with van der Waals surface area (Å²) in [6, 6.07) is 16.0. The van der Waals surface area contributed by atoms with Gasteiger partial charge in [0.25, 0.3) is 0 Å². The average Bonchev–Trinajstić information content (AvgIpc) is 2.55. The van der Waals surface area contributed by atoms with Crippen molar-refractivity contribution < 1.29 is 8.42 Å². The summed E-state index contributed by atoms with van der Waals surface area (Å²) in [4.78, 5) is 2.41. The molecule has 2 aromatic carbocycles. The van der Waals surface area contributed by atoms with Crippen LogP contribution in [0.5, 0.6) is 0 Å². The molecule has 2 heterocycles. The van der Waals surface area contributed by atoms with Crippen LogP contribution < -0.4 is 0 Å². The standard InChI is InChI=1S/C19H21ClN2O2S/c20-19-8-4-3-7-17(19)14-25(23,24)22-12-18(13-22)21-10-9-15-5-1-2-6-16(15)11-21/h1-8,18H,9-14H2. The fraction of sp³-hybridized carbons (Fsp3) is 0.368. The monoisotopic (exact) mass is 376 g/mol. The van der Waals surface area contributed by atoms with Crippen molar-refractivity contribution in [3.63, 3.8) is 0 Å². The molecule has 6 heteroatoms. The van der Waals surface area contributed by atoms with E-state index in [0.717, 1.165) is 19.5 Å². The Bertz CT molecular complexity index is 878. The Balaban J connectivity index is 1.38. The Morgan fingerprint density at radius 1 is 1.00 bits per heavy atom. The molecule has 4 rings (SSSR count). The van der Waals surface area contributed by atoms with E-state index in [4.69, 9.17) is 11.6 Å². The fourth-order valence-electron chi connectivity index (χ4n) is 3.61. The van der Waals surface area contributed by atoms with Gasteiger partial charge in [0, 0.05) is 37.2 Å². The number of sulfonamides is 1.